The van der Waals surface area contributed by atoms with E-state index in [-0.39, 0.29) is 24.4 Å². The average Bonchev–Trinajstić information content (AvgIpc) is 3.34. The summed E-state index contributed by atoms with van der Waals surface area (Å²) in [6.45, 7) is -0.245. The molecule has 1 aliphatic heterocycles. The summed E-state index contributed by atoms with van der Waals surface area (Å²) in [5.41, 5.74) is 0.881. The van der Waals surface area contributed by atoms with Crippen LogP contribution in [0.5, 0.6) is 0 Å². The number of aryl methyl sites for hydroxylation is 2. The molecular weight excluding hydrogens is 379 g/mol. The molecule has 0 saturated carbocycles. The van der Waals surface area contributed by atoms with Crippen LogP contribution in [0.4, 0.5) is 4.39 Å². The van der Waals surface area contributed by atoms with Gasteiger partial charge in [0.15, 0.2) is 0 Å². The third-order valence-electron chi connectivity index (χ3n) is 5.60. The van der Waals surface area contributed by atoms with E-state index >= 15 is 4.39 Å². The van der Waals surface area contributed by atoms with E-state index in [1.165, 1.54) is 5.56 Å². The molecule has 7 heteroatoms. The topological polar surface area (TPSA) is 66.5 Å². The number of fused-ring (bicyclic) bond motifs is 1. The highest BCUT2D eigenvalue weighted by Crippen LogP contribution is 2.32. The molecule has 1 amide bonds. The van der Waals surface area contributed by atoms with Crippen molar-refractivity contribution in [1.29, 1.82) is 0 Å². The number of alkyl halides is 1. The molecule has 1 heterocycles. The van der Waals surface area contributed by atoms with Crippen molar-refractivity contribution in [3.05, 3.63) is 65.2 Å². The minimum atomic E-state index is -3.82. The normalized spacial score (nSPS) is 22.2. The molecule has 1 unspecified atom stereocenters. The van der Waals surface area contributed by atoms with Gasteiger partial charge in [-0.2, -0.15) is 4.31 Å². The second-order valence-corrected chi connectivity index (χ2v) is 9.44. The maximum absolute atomic E-state index is 15.2. The molecule has 1 atom stereocenters. The summed E-state index contributed by atoms with van der Waals surface area (Å²) in [5.74, 6) is -0.761. The molecule has 0 aromatic heterocycles. The second kappa shape index (κ2) is 7.29. The highest BCUT2D eigenvalue weighted by Gasteiger charge is 2.48. The third-order valence-corrected chi connectivity index (χ3v) is 7.44. The quantitative estimate of drug-likeness (QED) is 0.836. The molecule has 1 saturated heterocycles. The molecule has 28 heavy (non-hydrogen) atoms. The minimum absolute atomic E-state index is 0.00528. The Morgan fingerprint density at radius 3 is 2.64 bits per heavy atom. The first kappa shape index (κ1) is 19.1. The Kier molecular flexibility index (Phi) is 4.97. The maximum atomic E-state index is 15.2. The number of nitrogens with one attached hydrogen (secondary N) is 1. The van der Waals surface area contributed by atoms with Gasteiger partial charge in [-0.05, 0) is 48.1 Å². The zero-order chi connectivity index (χ0) is 19.8. The van der Waals surface area contributed by atoms with Gasteiger partial charge < -0.3 is 5.32 Å². The van der Waals surface area contributed by atoms with Gasteiger partial charge in [0.2, 0.25) is 15.7 Å². The first-order chi connectivity index (χ1) is 13.4. The molecular formula is C21H23FN2O3S. The van der Waals surface area contributed by atoms with Gasteiger partial charge in [-0.1, -0.05) is 36.4 Å². The Morgan fingerprint density at radius 1 is 1.11 bits per heavy atom. The SMILES string of the molecule is O=C(NCc1ccccc1)C1(F)CCN(S(=O)(=O)c2ccc3c(c2)CCC3)C1. The molecule has 4 rings (SSSR count). The predicted octanol–water partition coefficient (Wildman–Crippen LogP) is 2.59. The van der Waals surface area contributed by atoms with Crippen LogP contribution in [0.3, 0.4) is 0 Å². The number of hydrogen-bond donors (Lipinski definition) is 1. The Balaban J connectivity index is 1.45. The highest BCUT2D eigenvalue weighted by atomic mass is 32.2. The lowest BCUT2D eigenvalue weighted by Crippen LogP contribution is -2.45. The van der Waals surface area contributed by atoms with Crippen molar-refractivity contribution in [1.82, 2.24) is 9.62 Å². The van der Waals surface area contributed by atoms with Gasteiger partial charge in [0.1, 0.15) is 0 Å². The van der Waals surface area contributed by atoms with Gasteiger partial charge in [0, 0.05) is 19.5 Å². The number of carbonyl (C=O) groups excluding carboxylic acids is 1. The van der Waals surface area contributed by atoms with E-state index in [1.54, 1.807) is 12.1 Å². The van der Waals surface area contributed by atoms with E-state index in [0.29, 0.717) is 0 Å². The molecule has 0 radical (unpaired) electrons. The summed E-state index contributed by atoms with van der Waals surface area (Å²) in [6, 6.07) is 14.4. The summed E-state index contributed by atoms with van der Waals surface area (Å²) in [6.07, 6.45) is 2.72. The Morgan fingerprint density at radius 2 is 1.86 bits per heavy atom. The van der Waals surface area contributed by atoms with Gasteiger partial charge in [-0.15, -0.1) is 0 Å². The van der Waals surface area contributed by atoms with Gasteiger partial charge in [-0.25, -0.2) is 12.8 Å². The van der Waals surface area contributed by atoms with Gasteiger partial charge in [0.05, 0.1) is 11.4 Å². The molecule has 1 N–H and O–H groups in total. The number of rotatable bonds is 5. The molecule has 0 spiro atoms. The molecule has 1 fully saturated rings. The van der Waals surface area contributed by atoms with Crippen LogP contribution in [0, 0.1) is 0 Å². The third kappa shape index (κ3) is 3.56. The van der Waals surface area contributed by atoms with E-state index in [9.17, 15) is 13.2 Å². The summed E-state index contributed by atoms with van der Waals surface area (Å²) in [5, 5.41) is 2.59. The molecule has 148 valence electrons. The van der Waals surface area contributed by atoms with Crippen LogP contribution in [0.15, 0.2) is 53.4 Å². The fourth-order valence-corrected chi connectivity index (χ4v) is 5.46. The second-order valence-electron chi connectivity index (χ2n) is 7.51. The molecule has 5 nitrogen and oxygen atoms in total. The first-order valence-corrected chi connectivity index (χ1v) is 11.0. The zero-order valence-corrected chi connectivity index (χ0v) is 16.3. The van der Waals surface area contributed by atoms with Crippen LogP contribution in [-0.4, -0.2) is 37.4 Å². The fraction of sp³-hybridized carbons (Fsp3) is 0.381. The van der Waals surface area contributed by atoms with Crippen molar-refractivity contribution < 1.29 is 17.6 Å². The van der Waals surface area contributed by atoms with Crippen molar-refractivity contribution in [3.63, 3.8) is 0 Å². The first-order valence-electron chi connectivity index (χ1n) is 9.52. The molecule has 1 aliphatic carbocycles. The lowest BCUT2D eigenvalue weighted by Gasteiger charge is -2.20. The number of halogens is 1. The van der Waals surface area contributed by atoms with Crippen molar-refractivity contribution >= 4 is 15.9 Å². The monoisotopic (exact) mass is 402 g/mol. The van der Waals surface area contributed by atoms with Gasteiger partial charge in [0.25, 0.3) is 5.91 Å². The standard InChI is InChI=1S/C21H23FN2O3S/c22-21(20(25)23-14-16-5-2-1-3-6-16)11-12-24(15-21)28(26,27)19-10-9-17-7-4-8-18(17)13-19/h1-3,5-6,9-10,13H,4,7-8,11-12,14-15H2,(H,23,25). The van der Waals surface area contributed by atoms with Crippen LogP contribution >= 0.6 is 0 Å². The van der Waals surface area contributed by atoms with Crippen LogP contribution in [-0.2, 0) is 34.2 Å². The Hall–Kier alpha value is -2.25. The van der Waals surface area contributed by atoms with E-state index in [1.807, 2.05) is 36.4 Å². The molecule has 0 bridgehead atoms. The van der Waals surface area contributed by atoms with E-state index in [0.717, 1.165) is 34.7 Å². The van der Waals surface area contributed by atoms with Crippen molar-refractivity contribution in [2.24, 2.45) is 0 Å². The van der Waals surface area contributed by atoms with E-state index in [4.69, 9.17) is 0 Å². The summed E-state index contributed by atoms with van der Waals surface area (Å²) >= 11 is 0. The molecule has 2 aromatic carbocycles. The van der Waals surface area contributed by atoms with Crippen LogP contribution < -0.4 is 5.32 Å². The maximum Gasteiger partial charge on any atom is 0.259 e. The summed E-state index contributed by atoms with van der Waals surface area (Å²) in [4.78, 5) is 12.6. The Labute approximate surface area is 164 Å². The number of hydrogen-bond acceptors (Lipinski definition) is 3. The lowest BCUT2D eigenvalue weighted by atomic mass is 10.0. The summed E-state index contributed by atoms with van der Waals surface area (Å²) < 4.78 is 42.2. The van der Waals surface area contributed by atoms with Gasteiger partial charge in [-0.3, -0.25) is 4.79 Å². The molecule has 2 aromatic rings. The van der Waals surface area contributed by atoms with Crippen molar-refractivity contribution in [2.45, 2.75) is 42.8 Å². The predicted molar refractivity (Wildman–Crippen MR) is 104 cm³/mol. The fourth-order valence-electron chi connectivity index (χ4n) is 3.92. The number of carbonyl (C=O) groups is 1. The minimum Gasteiger partial charge on any atom is -0.349 e. The highest BCUT2D eigenvalue weighted by molar-refractivity contribution is 7.89. The lowest BCUT2D eigenvalue weighted by molar-refractivity contribution is -0.132. The number of benzene rings is 2. The van der Waals surface area contributed by atoms with Gasteiger partial charge >= 0.3 is 0 Å². The largest absolute Gasteiger partial charge is 0.349 e. The van der Waals surface area contributed by atoms with E-state index < -0.39 is 28.1 Å². The molecule has 2 aliphatic rings. The number of sulfonamides is 1. The van der Waals surface area contributed by atoms with Crippen molar-refractivity contribution in [2.75, 3.05) is 13.1 Å². The average molecular weight is 402 g/mol. The number of nitrogens with zero attached hydrogens (tertiary/aromatic N) is 1. The number of amides is 1. The van der Waals surface area contributed by atoms with Crippen LogP contribution in [0.25, 0.3) is 0 Å². The van der Waals surface area contributed by atoms with E-state index in [2.05, 4.69) is 5.32 Å². The summed E-state index contributed by atoms with van der Waals surface area (Å²) in [7, 11) is -3.82. The van der Waals surface area contributed by atoms with Crippen LogP contribution in [0.2, 0.25) is 0 Å². The smallest absolute Gasteiger partial charge is 0.259 e. The van der Waals surface area contributed by atoms with Crippen LogP contribution in [0.1, 0.15) is 29.5 Å². The van der Waals surface area contributed by atoms with Crippen molar-refractivity contribution in [3.8, 4) is 0 Å². The Bertz CT molecular complexity index is 994. The zero-order valence-electron chi connectivity index (χ0n) is 15.5.